The van der Waals surface area contributed by atoms with E-state index in [1.165, 1.54) is 0 Å². The summed E-state index contributed by atoms with van der Waals surface area (Å²) in [4.78, 5) is 13.0. The van der Waals surface area contributed by atoms with Gasteiger partial charge in [-0.2, -0.15) is 26.3 Å². The van der Waals surface area contributed by atoms with E-state index >= 15 is 0 Å². The lowest BCUT2D eigenvalue weighted by Gasteiger charge is -2.05. The largest absolute Gasteiger partial charge is 0.433 e. The smallest absolute Gasteiger partial charge is 0.292 e. The molecule has 0 atom stereocenters. The molecule has 0 aliphatic carbocycles. The van der Waals surface area contributed by atoms with E-state index in [-0.39, 0.29) is 11.9 Å². The molecule has 0 unspecified atom stereocenters. The van der Waals surface area contributed by atoms with Gasteiger partial charge in [-0.25, -0.2) is 31.6 Å². The fourth-order valence-corrected chi connectivity index (χ4v) is 1.17. The predicted octanol–water partition coefficient (Wildman–Crippen LogP) is 1.56. The Kier molecular flexibility index (Phi) is 6.19. The average molecular weight is 356 g/mol. The summed E-state index contributed by atoms with van der Waals surface area (Å²) in [5.74, 6) is 9.12. The van der Waals surface area contributed by atoms with E-state index in [1.807, 2.05) is 10.9 Å². The molecule has 2 aromatic heterocycles. The fraction of sp³-hybridized carbons (Fsp3) is 0.200. The highest BCUT2D eigenvalue weighted by atomic mass is 19.4. The van der Waals surface area contributed by atoms with E-state index in [0.717, 1.165) is 24.5 Å². The third kappa shape index (κ3) is 5.81. The summed E-state index contributed by atoms with van der Waals surface area (Å²) >= 11 is 0. The first-order valence-electron chi connectivity index (χ1n) is 5.81. The molecule has 2 aromatic rings. The highest BCUT2D eigenvalue weighted by Gasteiger charge is 2.33. The van der Waals surface area contributed by atoms with Crippen molar-refractivity contribution in [2.45, 2.75) is 12.4 Å². The Hall–Kier alpha value is -2.74. The Labute approximate surface area is 130 Å². The van der Waals surface area contributed by atoms with Crippen molar-refractivity contribution in [1.82, 2.24) is 19.9 Å². The molecule has 0 aliphatic rings. The maximum atomic E-state index is 11.9. The maximum Gasteiger partial charge on any atom is 0.433 e. The Bertz CT molecular complexity index is 601. The number of aromatic nitrogens is 4. The third-order valence-electron chi connectivity index (χ3n) is 2.15. The fourth-order valence-electron chi connectivity index (χ4n) is 1.17. The SMILES string of the molecule is NNc1nccc(C(F)(F)F)n1.NNc1nccc(C(F)(F)F)n1. The molecule has 2 heterocycles. The summed E-state index contributed by atoms with van der Waals surface area (Å²) < 4.78 is 71.7. The van der Waals surface area contributed by atoms with Crippen molar-refractivity contribution in [2.75, 3.05) is 10.9 Å². The van der Waals surface area contributed by atoms with Crippen molar-refractivity contribution in [3.05, 3.63) is 35.9 Å². The molecular weight excluding hydrogens is 346 g/mol. The van der Waals surface area contributed by atoms with Crippen LogP contribution >= 0.6 is 0 Å². The van der Waals surface area contributed by atoms with Crippen molar-refractivity contribution in [1.29, 1.82) is 0 Å². The second kappa shape index (κ2) is 7.69. The van der Waals surface area contributed by atoms with Crippen molar-refractivity contribution in [3.8, 4) is 0 Å². The molecule has 0 aromatic carbocycles. The van der Waals surface area contributed by atoms with Crippen LogP contribution in [0, 0.1) is 0 Å². The first-order chi connectivity index (χ1) is 11.1. The van der Waals surface area contributed by atoms with Crippen LogP contribution in [-0.2, 0) is 12.4 Å². The van der Waals surface area contributed by atoms with Gasteiger partial charge in [-0.3, -0.25) is 10.9 Å². The topological polar surface area (TPSA) is 128 Å². The number of nitrogens with two attached hydrogens (primary N) is 2. The zero-order chi connectivity index (χ0) is 18.4. The van der Waals surface area contributed by atoms with Crippen molar-refractivity contribution < 1.29 is 26.3 Å². The van der Waals surface area contributed by atoms with Gasteiger partial charge in [0.2, 0.25) is 11.9 Å². The lowest BCUT2D eigenvalue weighted by atomic mass is 10.4. The van der Waals surface area contributed by atoms with Gasteiger partial charge in [0.05, 0.1) is 0 Å². The van der Waals surface area contributed by atoms with Gasteiger partial charge in [0.15, 0.2) is 0 Å². The van der Waals surface area contributed by atoms with Crippen LogP contribution in [0.5, 0.6) is 0 Å². The van der Waals surface area contributed by atoms with Gasteiger partial charge in [0.1, 0.15) is 11.4 Å². The van der Waals surface area contributed by atoms with Gasteiger partial charge >= 0.3 is 12.4 Å². The lowest BCUT2D eigenvalue weighted by Crippen LogP contribution is -2.14. The molecule has 24 heavy (non-hydrogen) atoms. The van der Waals surface area contributed by atoms with Crippen LogP contribution in [0.1, 0.15) is 11.4 Å². The van der Waals surface area contributed by atoms with E-state index in [0.29, 0.717) is 0 Å². The molecule has 0 aliphatic heterocycles. The van der Waals surface area contributed by atoms with Crippen LogP contribution < -0.4 is 22.5 Å². The lowest BCUT2D eigenvalue weighted by molar-refractivity contribution is -0.141. The van der Waals surface area contributed by atoms with E-state index in [9.17, 15) is 26.3 Å². The molecule has 2 rings (SSSR count). The summed E-state index contributed by atoms with van der Waals surface area (Å²) in [6.07, 6.45) is -6.97. The normalized spacial score (nSPS) is 11.3. The summed E-state index contributed by atoms with van der Waals surface area (Å²) in [5, 5.41) is 0. The second-order valence-electron chi connectivity index (χ2n) is 3.82. The van der Waals surface area contributed by atoms with Gasteiger partial charge in [0, 0.05) is 12.4 Å². The van der Waals surface area contributed by atoms with E-state index in [4.69, 9.17) is 11.7 Å². The zero-order valence-electron chi connectivity index (χ0n) is 11.5. The van der Waals surface area contributed by atoms with Gasteiger partial charge in [-0.05, 0) is 12.1 Å². The minimum Gasteiger partial charge on any atom is -0.292 e. The molecule has 132 valence electrons. The van der Waals surface area contributed by atoms with E-state index in [1.54, 1.807) is 0 Å². The molecule has 0 bridgehead atoms. The average Bonchev–Trinajstić information content (AvgIpc) is 2.54. The summed E-state index contributed by atoms with van der Waals surface area (Å²) in [6.45, 7) is 0. The molecule has 0 spiro atoms. The minimum atomic E-state index is -4.46. The molecular formula is C10H10F6N8. The zero-order valence-corrected chi connectivity index (χ0v) is 11.5. The molecule has 0 fully saturated rings. The Morgan fingerprint density at radius 2 is 1.04 bits per heavy atom. The molecule has 8 nitrogen and oxygen atoms in total. The van der Waals surface area contributed by atoms with E-state index in [2.05, 4.69) is 19.9 Å². The van der Waals surface area contributed by atoms with Crippen molar-refractivity contribution in [3.63, 3.8) is 0 Å². The number of nitrogens with zero attached hydrogens (tertiary/aromatic N) is 4. The monoisotopic (exact) mass is 356 g/mol. The molecule has 0 saturated carbocycles. The second-order valence-corrected chi connectivity index (χ2v) is 3.82. The Morgan fingerprint density at radius 3 is 1.29 bits per heavy atom. The van der Waals surface area contributed by atoms with Gasteiger partial charge in [-0.1, -0.05) is 0 Å². The van der Waals surface area contributed by atoms with Gasteiger partial charge in [0.25, 0.3) is 0 Å². The summed E-state index contributed by atoms with van der Waals surface area (Å²) in [6, 6.07) is 1.53. The van der Waals surface area contributed by atoms with Gasteiger partial charge < -0.3 is 0 Å². The van der Waals surface area contributed by atoms with Crippen LogP contribution in [-0.4, -0.2) is 19.9 Å². The Morgan fingerprint density at radius 1 is 0.708 bits per heavy atom. The van der Waals surface area contributed by atoms with Crippen LogP contribution in [0.15, 0.2) is 24.5 Å². The third-order valence-corrected chi connectivity index (χ3v) is 2.15. The first kappa shape index (κ1) is 19.3. The number of nitrogen functional groups attached to an aromatic ring is 2. The predicted molar refractivity (Wildman–Crippen MR) is 69.7 cm³/mol. The minimum absolute atomic E-state index is 0.259. The standard InChI is InChI=1S/2C5H5F3N4/c2*6-5(7,8)3-1-2-10-4(11-3)12-9/h2*1-2H,9H2,(H,10,11,12). The van der Waals surface area contributed by atoms with Crippen LogP contribution in [0.4, 0.5) is 38.2 Å². The van der Waals surface area contributed by atoms with E-state index < -0.39 is 23.7 Å². The highest BCUT2D eigenvalue weighted by molar-refractivity contribution is 5.24. The summed E-state index contributed by atoms with van der Waals surface area (Å²) in [7, 11) is 0. The van der Waals surface area contributed by atoms with Crippen molar-refractivity contribution >= 4 is 11.9 Å². The molecule has 6 N–H and O–H groups in total. The number of anilines is 2. The number of alkyl halides is 6. The number of nitrogens with one attached hydrogen (secondary N) is 2. The molecule has 14 heteroatoms. The van der Waals surface area contributed by atoms with Crippen LogP contribution in [0.2, 0.25) is 0 Å². The van der Waals surface area contributed by atoms with Crippen LogP contribution in [0.3, 0.4) is 0 Å². The highest BCUT2D eigenvalue weighted by Crippen LogP contribution is 2.28. The quantitative estimate of drug-likeness (QED) is 0.363. The first-order valence-corrected chi connectivity index (χ1v) is 5.81. The molecule has 0 saturated heterocycles. The number of hydrogen-bond donors (Lipinski definition) is 4. The van der Waals surface area contributed by atoms with Gasteiger partial charge in [-0.15, -0.1) is 0 Å². The Balaban J connectivity index is 0.000000240. The number of hydrazine groups is 2. The number of halogens is 6. The summed E-state index contributed by atoms with van der Waals surface area (Å²) in [5.41, 5.74) is 1.79. The maximum absolute atomic E-state index is 11.9. The van der Waals surface area contributed by atoms with Crippen molar-refractivity contribution in [2.24, 2.45) is 11.7 Å². The van der Waals surface area contributed by atoms with Crippen LogP contribution in [0.25, 0.3) is 0 Å². The number of hydrogen-bond acceptors (Lipinski definition) is 8. The molecule has 0 amide bonds. The number of rotatable bonds is 2. The molecule has 0 radical (unpaired) electrons.